The predicted octanol–water partition coefficient (Wildman–Crippen LogP) is 2.13. The second-order valence-corrected chi connectivity index (χ2v) is 5.19. The summed E-state index contributed by atoms with van der Waals surface area (Å²) in [6.07, 6.45) is 8.89. The summed E-state index contributed by atoms with van der Waals surface area (Å²) in [5.41, 5.74) is 9.97. The van der Waals surface area contributed by atoms with Gasteiger partial charge in [0.1, 0.15) is 11.3 Å². The minimum Gasteiger partial charge on any atom is -0.324 e. The Balaban J connectivity index is 1.82. The topological polar surface area (TPSA) is 69.1 Å². The van der Waals surface area contributed by atoms with E-state index in [1.807, 2.05) is 41.2 Å². The molecule has 0 saturated heterocycles. The summed E-state index contributed by atoms with van der Waals surface area (Å²) in [5, 5.41) is 0. The van der Waals surface area contributed by atoms with Crippen molar-refractivity contribution in [3.8, 4) is 11.5 Å². The number of rotatable bonds is 1. The van der Waals surface area contributed by atoms with Gasteiger partial charge in [-0.25, -0.2) is 15.0 Å². The van der Waals surface area contributed by atoms with E-state index in [1.165, 1.54) is 0 Å². The van der Waals surface area contributed by atoms with Gasteiger partial charge in [0.2, 0.25) is 0 Å². The highest BCUT2D eigenvalue weighted by atomic mass is 15.0. The SMILES string of the molecule is NC1CCCc2nc(-c3cn4ccccc4n3)ncc21. The van der Waals surface area contributed by atoms with Crippen LogP contribution in [0, 0.1) is 0 Å². The molecule has 2 N–H and O–H groups in total. The van der Waals surface area contributed by atoms with Gasteiger partial charge < -0.3 is 10.1 Å². The zero-order valence-corrected chi connectivity index (χ0v) is 11.0. The Kier molecular flexibility index (Phi) is 2.53. The van der Waals surface area contributed by atoms with Gasteiger partial charge in [0.05, 0.1) is 0 Å². The van der Waals surface area contributed by atoms with E-state index in [0.717, 1.165) is 41.9 Å². The van der Waals surface area contributed by atoms with E-state index in [2.05, 4.69) is 15.0 Å². The van der Waals surface area contributed by atoms with Gasteiger partial charge in [-0.05, 0) is 31.4 Å². The number of hydrogen-bond acceptors (Lipinski definition) is 4. The minimum atomic E-state index is 0.0777. The van der Waals surface area contributed by atoms with Crippen LogP contribution in [-0.2, 0) is 6.42 Å². The summed E-state index contributed by atoms with van der Waals surface area (Å²) in [6, 6.07) is 6.00. The Morgan fingerprint density at radius 1 is 1.25 bits per heavy atom. The van der Waals surface area contributed by atoms with Crippen molar-refractivity contribution in [3.05, 3.63) is 48.0 Å². The van der Waals surface area contributed by atoms with E-state index in [4.69, 9.17) is 5.73 Å². The minimum absolute atomic E-state index is 0.0777. The first-order chi connectivity index (χ1) is 9.81. The van der Waals surface area contributed by atoms with Gasteiger partial charge in [0.15, 0.2) is 5.82 Å². The second kappa shape index (κ2) is 4.38. The molecule has 5 heteroatoms. The van der Waals surface area contributed by atoms with Crippen LogP contribution in [0.15, 0.2) is 36.8 Å². The van der Waals surface area contributed by atoms with Crippen LogP contribution in [0.1, 0.15) is 30.1 Å². The average Bonchev–Trinajstić information content (AvgIpc) is 2.91. The Morgan fingerprint density at radius 2 is 2.20 bits per heavy atom. The number of hydrogen-bond donors (Lipinski definition) is 1. The smallest absolute Gasteiger partial charge is 0.180 e. The average molecular weight is 265 g/mol. The van der Waals surface area contributed by atoms with E-state index in [-0.39, 0.29) is 6.04 Å². The van der Waals surface area contributed by atoms with Crippen LogP contribution in [0.5, 0.6) is 0 Å². The van der Waals surface area contributed by atoms with E-state index in [9.17, 15) is 0 Å². The number of aromatic nitrogens is 4. The zero-order valence-electron chi connectivity index (χ0n) is 11.0. The lowest BCUT2D eigenvalue weighted by atomic mass is 9.93. The molecule has 4 rings (SSSR count). The number of aryl methyl sites for hydroxylation is 1. The molecule has 3 aromatic rings. The van der Waals surface area contributed by atoms with E-state index >= 15 is 0 Å². The Bertz CT molecular complexity index is 744. The second-order valence-electron chi connectivity index (χ2n) is 5.19. The number of nitrogens with two attached hydrogens (primary N) is 1. The van der Waals surface area contributed by atoms with Crippen LogP contribution in [0.3, 0.4) is 0 Å². The Labute approximate surface area is 116 Å². The maximum Gasteiger partial charge on any atom is 0.180 e. The van der Waals surface area contributed by atoms with Crippen molar-refractivity contribution in [2.75, 3.05) is 0 Å². The summed E-state index contributed by atoms with van der Waals surface area (Å²) in [4.78, 5) is 13.7. The molecular formula is C15H15N5. The summed E-state index contributed by atoms with van der Waals surface area (Å²) >= 11 is 0. The maximum atomic E-state index is 6.10. The molecular weight excluding hydrogens is 250 g/mol. The third kappa shape index (κ3) is 1.78. The summed E-state index contributed by atoms with van der Waals surface area (Å²) in [5.74, 6) is 0.682. The first kappa shape index (κ1) is 11.5. The van der Waals surface area contributed by atoms with Crippen LogP contribution in [0.2, 0.25) is 0 Å². The fourth-order valence-corrected chi connectivity index (χ4v) is 2.75. The first-order valence-corrected chi connectivity index (χ1v) is 6.87. The first-order valence-electron chi connectivity index (χ1n) is 6.87. The fourth-order valence-electron chi connectivity index (χ4n) is 2.75. The Hall–Kier alpha value is -2.27. The van der Waals surface area contributed by atoms with Crippen LogP contribution in [0.4, 0.5) is 0 Å². The quantitative estimate of drug-likeness (QED) is 0.731. The molecule has 1 unspecified atom stereocenters. The van der Waals surface area contributed by atoms with Crippen molar-refractivity contribution >= 4 is 5.65 Å². The lowest BCUT2D eigenvalue weighted by Crippen LogP contribution is -2.19. The van der Waals surface area contributed by atoms with Crippen molar-refractivity contribution in [1.29, 1.82) is 0 Å². The van der Waals surface area contributed by atoms with Crippen molar-refractivity contribution in [2.45, 2.75) is 25.3 Å². The van der Waals surface area contributed by atoms with E-state index < -0.39 is 0 Å². The van der Waals surface area contributed by atoms with Crippen molar-refractivity contribution in [1.82, 2.24) is 19.4 Å². The maximum absolute atomic E-state index is 6.10. The number of pyridine rings is 1. The van der Waals surface area contributed by atoms with Gasteiger partial charge in [-0.1, -0.05) is 6.07 Å². The number of nitrogens with zero attached hydrogens (tertiary/aromatic N) is 4. The number of fused-ring (bicyclic) bond motifs is 2. The van der Waals surface area contributed by atoms with Crippen molar-refractivity contribution in [2.24, 2.45) is 5.73 Å². The molecule has 1 aliphatic carbocycles. The lowest BCUT2D eigenvalue weighted by Gasteiger charge is -2.20. The normalized spacial score (nSPS) is 18.1. The summed E-state index contributed by atoms with van der Waals surface area (Å²) in [7, 11) is 0. The molecule has 0 aromatic carbocycles. The van der Waals surface area contributed by atoms with E-state index in [0.29, 0.717) is 5.82 Å². The molecule has 0 fully saturated rings. The van der Waals surface area contributed by atoms with Gasteiger partial charge in [0.25, 0.3) is 0 Å². The standard InChI is InChI=1S/C15H15N5/c16-11-4-3-5-12-10(11)8-17-15(19-12)13-9-20-7-2-1-6-14(20)18-13/h1-2,6-9,11H,3-5,16H2. The van der Waals surface area contributed by atoms with Gasteiger partial charge >= 0.3 is 0 Å². The predicted molar refractivity (Wildman–Crippen MR) is 76.1 cm³/mol. The molecule has 0 spiro atoms. The van der Waals surface area contributed by atoms with E-state index in [1.54, 1.807) is 0 Å². The largest absolute Gasteiger partial charge is 0.324 e. The number of imidazole rings is 1. The molecule has 3 aromatic heterocycles. The van der Waals surface area contributed by atoms with Crippen molar-refractivity contribution in [3.63, 3.8) is 0 Å². The molecule has 3 heterocycles. The molecule has 1 atom stereocenters. The summed E-state index contributed by atoms with van der Waals surface area (Å²) < 4.78 is 1.98. The third-order valence-electron chi connectivity index (χ3n) is 3.82. The molecule has 1 aliphatic rings. The van der Waals surface area contributed by atoms with Crippen LogP contribution in [-0.4, -0.2) is 19.4 Å². The van der Waals surface area contributed by atoms with Gasteiger partial charge in [-0.3, -0.25) is 0 Å². The van der Waals surface area contributed by atoms with Crippen molar-refractivity contribution < 1.29 is 0 Å². The molecule has 0 amide bonds. The molecule has 20 heavy (non-hydrogen) atoms. The Morgan fingerprint density at radius 3 is 3.10 bits per heavy atom. The molecule has 100 valence electrons. The molecule has 0 aliphatic heterocycles. The highest BCUT2D eigenvalue weighted by Crippen LogP contribution is 2.27. The highest BCUT2D eigenvalue weighted by molar-refractivity contribution is 5.55. The molecule has 0 radical (unpaired) electrons. The van der Waals surface area contributed by atoms with Gasteiger partial charge in [0, 0.05) is 35.9 Å². The van der Waals surface area contributed by atoms with Crippen LogP contribution in [0.25, 0.3) is 17.2 Å². The monoisotopic (exact) mass is 265 g/mol. The molecule has 0 saturated carbocycles. The third-order valence-corrected chi connectivity index (χ3v) is 3.82. The lowest BCUT2D eigenvalue weighted by molar-refractivity contribution is 0.557. The molecule has 5 nitrogen and oxygen atoms in total. The summed E-state index contributed by atoms with van der Waals surface area (Å²) in [6.45, 7) is 0. The van der Waals surface area contributed by atoms with Crippen LogP contribution < -0.4 is 5.73 Å². The molecule has 0 bridgehead atoms. The van der Waals surface area contributed by atoms with Gasteiger partial charge in [-0.2, -0.15) is 0 Å². The fraction of sp³-hybridized carbons (Fsp3) is 0.267. The zero-order chi connectivity index (χ0) is 13.5. The van der Waals surface area contributed by atoms with Gasteiger partial charge in [-0.15, -0.1) is 0 Å². The van der Waals surface area contributed by atoms with Crippen LogP contribution >= 0.6 is 0 Å². The highest BCUT2D eigenvalue weighted by Gasteiger charge is 2.19.